The molecule has 0 aromatic carbocycles. The van der Waals surface area contributed by atoms with Crippen LogP contribution in [-0.4, -0.2) is 51.4 Å². The van der Waals surface area contributed by atoms with Crippen molar-refractivity contribution in [3.8, 4) is 0 Å². The molecule has 0 unspecified atom stereocenters. The average Bonchev–Trinajstić information content (AvgIpc) is 3.18. The lowest BCUT2D eigenvalue weighted by Crippen LogP contribution is -2.48. The van der Waals surface area contributed by atoms with E-state index in [1.807, 2.05) is 11.3 Å². The van der Waals surface area contributed by atoms with Gasteiger partial charge < -0.3 is 20.3 Å². The molecule has 0 amide bonds. The highest BCUT2D eigenvalue weighted by atomic mass is 127. The van der Waals surface area contributed by atoms with Crippen molar-refractivity contribution >= 4 is 46.3 Å². The van der Waals surface area contributed by atoms with Crippen molar-refractivity contribution in [1.29, 1.82) is 0 Å². The molecule has 3 heterocycles. The van der Waals surface area contributed by atoms with Crippen LogP contribution in [0.5, 0.6) is 0 Å². The van der Waals surface area contributed by atoms with Crippen LogP contribution in [0, 0.1) is 0 Å². The van der Waals surface area contributed by atoms with Crippen LogP contribution in [0.1, 0.15) is 32.6 Å². The van der Waals surface area contributed by atoms with Crippen LogP contribution >= 0.6 is 35.3 Å². The molecular weight excluding hydrogens is 459 g/mol. The standard InChI is InChI=1S/C19H30N4OS.HI/c1-2-20-19(21-10-5-16-8-13-24-14-9-16)22-17-6-11-23(12-7-17)18-4-3-15-25-18;/h3-4,8,15,17H,2,5-7,9-14H2,1H3,(H2,20,21,22);1H. The summed E-state index contributed by atoms with van der Waals surface area (Å²) in [5.74, 6) is 0.963. The van der Waals surface area contributed by atoms with Crippen LogP contribution in [0.25, 0.3) is 0 Å². The maximum Gasteiger partial charge on any atom is 0.191 e. The van der Waals surface area contributed by atoms with Crippen LogP contribution in [0.15, 0.2) is 34.2 Å². The van der Waals surface area contributed by atoms with Crippen LogP contribution < -0.4 is 15.5 Å². The Morgan fingerprint density at radius 1 is 1.38 bits per heavy atom. The average molecular weight is 490 g/mol. The molecule has 2 N–H and O–H groups in total. The first-order chi connectivity index (χ1) is 12.3. The van der Waals surface area contributed by atoms with E-state index >= 15 is 0 Å². The smallest absolute Gasteiger partial charge is 0.191 e. The molecule has 7 heteroatoms. The topological polar surface area (TPSA) is 48.9 Å². The predicted octanol–water partition coefficient (Wildman–Crippen LogP) is 3.63. The summed E-state index contributed by atoms with van der Waals surface area (Å²) in [6.07, 6.45) is 6.62. The number of rotatable bonds is 6. The molecule has 146 valence electrons. The minimum atomic E-state index is 0. The van der Waals surface area contributed by atoms with Crippen LogP contribution in [-0.2, 0) is 4.74 Å². The lowest BCUT2D eigenvalue weighted by Gasteiger charge is -2.33. The Bertz CT molecular complexity index is 568. The zero-order chi connectivity index (χ0) is 17.3. The van der Waals surface area contributed by atoms with Gasteiger partial charge in [0.05, 0.1) is 18.2 Å². The van der Waals surface area contributed by atoms with Crippen LogP contribution in [0.3, 0.4) is 0 Å². The van der Waals surface area contributed by atoms with Crippen molar-refractivity contribution in [2.24, 2.45) is 4.99 Å². The fourth-order valence-corrected chi connectivity index (χ4v) is 4.10. The summed E-state index contributed by atoms with van der Waals surface area (Å²) >= 11 is 1.83. The van der Waals surface area contributed by atoms with Crippen molar-refractivity contribution < 1.29 is 4.74 Å². The van der Waals surface area contributed by atoms with E-state index in [0.29, 0.717) is 6.04 Å². The van der Waals surface area contributed by atoms with Gasteiger partial charge in [0.2, 0.25) is 0 Å². The number of nitrogens with one attached hydrogen (secondary N) is 2. The number of guanidine groups is 1. The molecule has 2 aliphatic rings. The van der Waals surface area contributed by atoms with Crippen molar-refractivity contribution in [2.75, 3.05) is 44.3 Å². The summed E-state index contributed by atoms with van der Waals surface area (Å²) in [4.78, 5) is 7.26. The Hall–Kier alpha value is -0.800. The SMILES string of the molecule is CCNC(=NCCC1=CCOCC1)NC1CCN(c2cccs2)CC1.I. The number of halogens is 1. The number of ether oxygens (including phenoxy) is 1. The van der Waals surface area contributed by atoms with Gasteiger partial charge in [0.25, 0.3) is 0 Å². The number of aliphatic imine (C=N–C) groups is 1. The maximum atomic E-state index is 5.36. The zero-order valence-electron chi connectivity index (χ0n) is 15.6. The number of piperidine rings is 1. The summed E-state index contributed by atoms with van der Waals surface area (Å²) < 4.78 is 5.36. The van der Waals surface area contributed by atoms with Gasteiger partial charge in [-0.3, -0.25) is 4.99 Å². The van der Waals surface area contributed by atoms with Gasteiger partial charge >= 0.3 is 0 Å². The first kappa shape index (κ1) is 21.5. The summed E-state index contributed by atoms with van der Waals surface area (Å²) in [5, 5.41) is 10.6. The molecule has 3 rings (SSSR count). The second kappa shape index (κ2) is 11.8. The van der Waals surface area contributed by atoms with Crippen molar-refractivity contribution in [3.63, 3.8) is 0 Å². The van der Waals surface area contributed by atoms with Gasteiger partial charge in [0.15, 0.2) is 5.96 Å². The monoisotopic (exact) mass is 490 g/mol. The van der Waals surface area contributed by atoms with E-state index in [4.69, 9.17) is 9.73 Å². The molecule has 0 bridgehead atoms. The largest absolute Gasteiger partial charge is 0.377 e. The van der Waals surface area contributed by atoms with Crippen molar-refractivity contribution in [3.05, 3.63) is 29.2 Å². The lowest BCUT2D eigenvalue weighted by molar-refractivity contribution is 0.153. The summed E-state index contributed by atoms with van der Waals surface area (Å²) in [6.45, 7) is 7.72. The van der Waals surface area contributed by atoms with E-state index in [1.54, 1.807) is 0 Å². The fraction of sp³-hybridized carbons (Fsp3) is 0.632. The van der Waals surface area contributed by atoms with E-state index in [9.17, 15) is 0 Å². The van der Waals surface area contributed by atoms with Gasteiger partial charge in [-0.2, -0.15) is 0 Å². The van der Waals surface area contributed by atoms with Gasteiger partial charge in [-0.25, -0.2) is 0 Å². The summed E-state index contributed by atoms with van der Waals surface area (Å²) in [5.41, 5.74) is 1.48. The summed E-state index contributed by atoms with van der Waals surface area (Å²) in [6, 6.07) is 4.86. The Morgan fingerprint density at radius 2 is 2.23 bits per heavy atom. The minimum absolute atomic E-state index is 0. The van der Waals surface area contributed by atoms with Gasteiger partial charge in [0, 0.05) is 32.2 Å². The molecule has 0 atom stereocenters. The van der Waals surface area contributed by atoms with Gasteiger partial charge in [-0.1, -0.05) is 11.6 Å². The second-order valence-corrected chi connectivity index (χ2v) is 7.48. The molecule has 1 fully saturated rings. The molecule has 1 saturated heterocycles. The number of thiophene rings is 1. The van der Waals surface area contributed by atoms with Crippen molar-refractivity contribution in [1.82, 2.24) is 10.6 Å². The number of hydrogen-bond donors (Lipinski definition) is 2. The third kappa shape index (κ3) is 6.74. The number of hydrogen-bond acceptors (Lipinski definition) is 4. The molecule has 1 aromatic rings. The Kier molecular flexibility index (Phi) is 9.77. The summed E-state index contributed by atoms with van der Waals surface area (Å²) in [7, 11) is 0. The highest BCUT2D eigenvalue weighted by molar-refractivity contribution is 14.0. The molecule has 0 spiro atoms. The Balaban J connectivity index is 0.00000243. The quantitative estimate of drug-likeness (QED) is 0.277. The van der Waals surface area contributed by atoms with Gasteiger partial charge in [-0.05, 0) is 50.1 Å². The zero-order valence-corrected chi connectivity index (χ0v) is 18.7. The first-order valence-electron chi connectivity index (χ1n) is 9.44. The van der Waals surface area contributed by atoms with E-state index in [0.717, 1.165) is 71.0 Å². The third-order valence-corrected chi connectivity index (χ3v) is 5.69. The molecule has 5 nitrogen and oxygen atoms in total. The Morgan fingerprint density at radius 3 is 2.88 bits per heavy atom. The normalized spacial score (nSPS) is 18.9. The molecule has 2 aliphatic heterocycles. The Labute approximate surface area is 178 Å². The van der Waals surface area contributed by atoms with E-state index < -0.39 is 0 Å². The van der Waals surface area contributed by atoms with E-state index in [1.165, 1.54) is 10.6 Å². The number of nitrogens with zero attached hydrogens (tertiary/aromatic N) is 2. The lowest BCUT2D eigenvalue weighted by atomic mass is 10.1. The number of anilines is 1. The van der Waals surface area contributed by atoms with Gasteiger partial charge in [0.1, 0.15) is 0 Å². The molecule has 0 radical (unpaired) electrons. The fourth-order valence-electron chi connectivity index (χ4n) is 3.31. The van der Waals surface area contributed by atoms with E-state index in [-0.39, 0.29) is 24.0 Å². The molecule has 0 saturated carbocycles. The highest BCUT2D eigenvalue weighted by Crippen LogP contribution is 2.24. The van der Waals surface area contributed by atoms with Crippen molar-refractivity contribution in [2.45, 2.75) is 38.6 Å². The van der Waals surface area contributed by atoms with E-state index in [2.05, 4.69) is 46.0 Å². The highest BCUT2D eigenvalue weighted by Gasteiger charge is 2.20. The molecular formula is C19H31IN4OS. The molecule has 0 aliphatic carbocycles. The van der Waals surface area contributed by atoms with Gasteiger partial charge in [-0.15, -0.1) is 35.3 Å². The van der Waals surface area contributed by atoms with Crippen LogP contribution in [0.4, 0.5) is 5.00 Å². The predicted molar refractivity (Wildman–Crippen MR) is 122 cm³/mol. The first-order valence-corrected chi connectivity index (χ1v) is 10.3. The molecule has 1 aromatic heterocycles. The third-order valence-electron chi connectivity index (χ3n) is 4.76. The maximum absolute atomic E-state index is 5.36. The second-order valence-electron chi connectivity index (χ2n) is 6.55. The molecule has 26 heavy (non-hydrogen) atoms. The van der Waals surface area contributed by atoms with Crippen LogP contribution in [0.2, 0.25) is 0 Å². The minimum Gasteiger partial charge on any atom is -0.377 e.